The molecule has 0 spiro atoms. The molecule has 1 aliphatic heterocycles. The van der Waals surface area contributed by atoms with Crippen LogP contribution in [0.25, 0.3) is 17.1 Å². The Morgan fingerprint density at radius 1 is 1.36 bits per heavy atom. The molecular weight excluding hydrogens is 346 g/mol. The van der Waals surface area contributed by atoms with Gasteiger partial charge >= 0.3 is 0 Å². The first kappa shape index (κ1) is 13.7. The van der Waals surface area contributed by atoms with Crippen LogP contribution in [-0.2, 0) is 4.74 Å². The summed E-state index contributed by atoms with van der Waals surface area (Å²) >= 11 is 3.54. The Balaban J connectivity index is 1.99. The maximum Gasteiger partial charge on any atom is 0.160 e. The molecule has 112 valence electrons. The van der Waals surface area contributed by atoms with Gasteiger partial charge < -0.3 is 9.30 Å². The van der Waals surface area contributed by atoms with Gasteiger partial charge in [0.15, 0.2) is 5.82 Å². The van der Waals surface area contributed by atoms with Crippen molar-refractivity contribution in [2.24, 2.45) is 0 Å². The van der Waals surface area contributed by atoms with E-state index in [1.807, 2.05) is 23.3 Å². The predicted octanol–water partition coefficient (Wildman–Crippen LogP) is 2.83. The molecule has 3 aromatic rings. The number of imidazole rings is 1. The maximum atomic E-state index is 5.27. The molecule has 0 amide bonds. The second-order valence-electron chi connectivity index (χ2n) is 5.18. The minimum absolute atomic E-state index is 0.0473. The Bertz CT molecular complexity index is 825. The lowest BCUT2D eigenvalue weighted by molar-refractivity contribution is 0.181. The van der Waals surface area contributed by atoms with Gasteiger partial charge in [-0.2, -0.15) is 5.10 Å². The van der Waals surface area contributed by atoms with E-state index in [4.69, 9.17) is 4.74 Å². The fourth-order valence-electron chi connectivity index (χ4n) is 2.95. The maximum absolute atomic E-state index is 5.27. The molecule has 0 radical (unpaired) electrons. The smallest absolute Gasteiger partial charge is 0.160 e. The summed E-state index contributed by atoms with van der Waals surface area (Å²) in [6.07, 6.45) is 6.15. The lowest BCUT2D eigenvalue weighted by atomic mass is 10.1. The highest BCUT2D eigenvalue weighted by molar-refractivity contribution is 9.10. The third-order valence-corrected chi connectivity index (χ3v) is 4.42. The van der Waals surface area contributed by atoms with Crippen molar-refractivity contribution in [3.63, 3.8) is 0 Å². The average Bonchev–Trinajstić information content (AvgIpc) is 3.16. The van der Waals surface area contributed by atoms with Gasteiger partial charge in [0.1, 0.15) is 6.33 Å². The zero-order chi connectivity index (χ0) is 15.1. The molecule has 22 heavy (non-hydrogen) atoms. The molecule has 3 heterocycles. The van der Waals surface area contributed by atoms with Gasteiger partial charge in [0, 0.05) is 23.8 Å². The van der Waals surface area contributed by atoms with Crippen LogP contribution in [-0.4, -0.2) is 38.0 Å². The SMILES string of the molecule is COCCC1c2cncn2-c2ccc(Br)cc2-c2ncnn21. The van der Waals surface area contributed by atoms with Crippen molar-refractivity contribution in [2.45, 2.75) is 12.5 Å². The molecule has 1 aromatic carbocycles. The van der Waals surface area contributed by atoms with Gasteiger partial charge in [0.25, 0.3) is 0 Å². The first-order valence-electron chi connectivity index (χ1n) is 7.00. The highest BCUT2D eigenvalue weighted by Crippen LogP contribution is 2.37. The van der Waals surface area contributed by atoms with E-state index in [-0.39, 0.29) is 6.04 Å². The number of rotatable bonds is 3. The van der Waals surface area contributed by atoms with Crippen LogP contribution in [0.4, 0.5) is 0 Å². The van der Waals surface area contributed by atoms with Crippen molar-refractivity contribution in [1.29, 1.82) is 0 Å². The lowest BCUT2D eigenvalue weighted by Crippen LogP contribution is -2.16. The van der Waals surface area contributed by atoms with Gasteiger partial charge in [-0.3, -0.25) is 0 Å². The Labute approximate surface area is 135 Å². The summed E-state index contributed by atoms with van der Waals surface area (Å²) in [6.45, 7) is 0.648. The van der Waals surface area contributed by atoms with Crippen LogP contribution < -0.4 is 0 Å². The number of halogens is 1. The van der Waals surface area contributed by atoms with Crippen LogP contribution in [0.15, 0.2) is 41.5 Å². The summed E-state index contributed by atoms with van der Waals surface area (Å²) in [6, 6.07) is 6.21. The Hall–Kier alpha value is -1.99. The zero-order valence-electron chi connectivity index (χ0n) is 12.0. The van der Waals surface area contributed by atoms with E-state index in [2.05, 4.69) is 47.7 Å². The molecule has 0 saturated heterocycles. The molecule has 2 aromatic heterocycles. The summed E-state index contributed by atoms with van der Waals surface area (Å²) in [4.78, 5) is 8.81. The first-order chi connectivity index (χ1) is 10.8. The summed E-state index contributed by atoms with van der Waals surface area (Å²) in [5.41, 5.74) is 3.18. The van der Waals surface area contributed by atoms with Crippen LogP contribution in [0.3, 0.4) is 0 Å². The molecule has 0 saturated carbocycles. The first-order valence-corrected chi connectivity index (χ1v) is 7.80. The average molecular weight is 360 g/mol. The van der Waals surface area contributed by atoms with Gasteiger partial charge in [-0.25, -0.2) is 14.6 Å². The third kappa shape index (κ3) is 2.00. The summed E-state index contributed by atoms with van der Waals surface area (Å²) in [5, 5.41) is 4.45. The van der Waals surface area contributed by atoms with Gasteiger partial charge in [-0.1, -0.05) is 15.9 Å². The quantitative estimate of drug-likeness (QED) is 0.721. The van der Waals surface area contributed by atoms with E-state index >= 15 is 0 Å². The molecular formula is C15H14BrN5O. The molecule has 1 aliphatic rings. The molecule has 4 rings (SSSR count). The highest BCUT2D eigenvalue weighted by atomic mass is 79.9. The number of methoxy groups -OCH3 is 1. The van der Waals surface area contributed by atoms with E-state index in [1.165, 1.54) is 0 Å². The minimum Gasteiger partial charge on any atom is -0.385 e. The standard InChI is InChI=1S/C15H14BrN5O/c1-22-5-4-13-14-7-17-9-20(14)12-3-2-10(16)6-11(12)15-18-8-19-21(13)15/h2-3,6-9,13H,4-5H2,1H3. The number of ether oxygens (including phenoxy) is 1. The van der Waals surface area contributed by atoms with Crippen LogP contribution in [0.2, 0.25) is 0 Å². The Morgan fingerprint density at radius 2 is 2.27 bits per heavy atom. The third-order valence-electron chi connectivity index (χ3n) is 3.93. The molecule has 0 bridgehead atoms. The summed E-state index contributed by atoms with van der Waals surface area (Å²) < 4.78 is 10.4. The molecule has 1 atom stereocenters. The van der Waals surface area contributed by atoms with E-state index in [0.717, 1.165) is 33.7 Å². The second-order valence-corrected chi connectivity index (χ2v) is 6.09. The van der Waals surface area contributed by atoms with Crippen molar-refractivity contribution in [3.8, 4) is 17.1 Å². The highest BCUT2D eigenvalue weighted by Gasteiger charge is 2.28. The van der Waals surface area contributed by atoms with Gasteiger partial charge in [-0.05, 0) is 24.6 Å². The number of hydrogen-bond donors (Lipinski definition) is 0. The van der Waals surface area contributed by atoms with Gasteiger partial charge in [0.2, 0.25) is 0 Å². The minimum atomic E-state index is 0.0473. The molecule has 0 fully saturated rings. The fraction of sp³-hybridized carbons (Fsp3) is 0.267. The number of benzene rings is 1. The summed E-state index contributed by atoms with van der Waals surface area (Å²) in [5.74, 6) is 0.862. The Kier molecular flexibility index (Phi) is 3.31. The van der Waals surface area contributed by atoms with Crippen molar-refractivity contribution >= 4 is 15.9 Å². The second kappa shape index (κ2) is 5.33. The molecule has 1 unspecified atom stereocenters. The van der Waals surface area contributed by atoms with Gasteiger partial charge in [-0.15, -0.1) is 0 Å². The van der Waals surface area contributed by atoms with Crippen molar-refractivity contribution in [3.05, 3.63) is 47.2 Å². The number of aromatic nitrogens is 5. The van der Waals surface area contributed by atoms with Crippen LogP contribution in [0, 0.1) is 0 Å². The van der Waals surface area contributed by atoms with E-state index in [0.29, 0.717) is 6.61 Å². The van der Waals surface area contributed by atoms with Gasteiger partial charge in [0.05, 0.1) is 29.9 Å². The monoisotopic (exact) mass is 359 g/mol. The van der Waals surface area contributed by atoms with E-state index in [9.17, 15) is 0 Å². The number of hydrogen-bond acceptors (Lipinski definition) is 4. The topological polar surface area (TPSA) is 57.8 Å². The molecule has 7 heteroatoms. The van der Waals surface area contributed by atoms with E-state index in [1.54, 1.807) is 13.4 Å². The van der Waals surface area contributed by atoms with Crippen molar-refractivity contribution in [2.75, 3.05) is 13.7 Å². The predicted molar refractivity (Wildman–Crippen MR) is 84.9 cm³/mol. The molecule has 6 nitrogen and oxygen atoms in total. The van der Waals surface area contributed by atoms with Crippen LogP contribution in [0.5, 0.6) is 0 Å². The fourth-order valence-corrected chi connectivity index (χ4v) is 3.31. The zero-order valence-corrected chi connectivity index (χ0v) is 13.6. The lowest BCUT2D eigenvalue weighted by Gasteiger charge is -2.17. The van der Waals surface area contributed by atoms with Crippen molar-refractivity contribution < 1.29 is 4.74 Å². The van der Waals surface area contributed by atoms with Crippen LogP contribution in [0.1, 0.15) is 18.2 Å². The Morgan fingerprint density at radius 3 is 3.14 bits per heavy atom. The normalized spacial score (nSPS) is 15.8. The number of fused-ring (bicyclic) bond motifs is 5. The summed E-state index contributed by atoms with van der Waals surface area (Å²) in [7, 11) is 1.71. The molecule has 0 N–H and O–H groups in total. The molecule has 0 aliphatic carbocycles. The largest absolute Gasteiger partial charge is 0.385 e. The number of nitrogens with zero attached hydrogens (tertiary/aromatic N) is 5. The van der Waals surface area contributed by atoms with E-state index < -0.39 is 0 Å². The van der Waals surface area contributed by atoms with Crippen LogP contribution >= 0.6 is 15.9 Å². The van der Waals surface area contributed by atoms with Crippen molar-refractivity contribution in [1.82, 2.24) is 24.3 Å².